The fourth-order valence-electron chi connectivity index (χ4n) is 1.59. The van der Waals surface area contributed by atoms with Crippen molar-refractivity contribution >= 4 is 29.3 Å². The zero-order chi connectivity index (χ0) is 15.1. The number of rotatable bonds is 7. The van der Waals surface area contributed by atoms with Crippen LogP contribution in [-0.2, 0) is 9.59 Å². The first-order valence-corrected chi connectivity index (χ1v) is 7.53. The van der Waals surface area contributed by atoms with Crippen LogP contribution in [0.2, 0.25) is 0 Å². The maximum atomic E-state index is 12.0. The van der Waals surface area contributed by atoms with Crippen LogP contribution >= 0.6 is 11.8 Å². The molecule has 0 saturated heterocycles. The summed E-state index contributed by atoms with van der Waals surface area (Å²) in [5.74, 6) is -1.01. The predicted molar refractivity (Wildman–Crippen MR) is 81.2 cm³/mol. The summed E-state index contributed by atoms with van der Waals surface area (Å²) in [6.07, 6.45) is 2.02. The topological polar surface area (TPSA) is 69.6 Å². The normalized spacial score (nSPS) is 12.2. The Morgan fingerprint density at radius 1 is 1.35 bits per heavy atom. The largest absolute Gasteiger partial charge is 0.481 e. The van der Waals surface area contributed by atoms with Gasteiger partial charge in [0.15, 0.2) is 0 Å². The highest BCUT2D eigenvalue weighted by Gasteiger charge is 2.18. The van der Waals surface area contributed by atoms with Crippen LogP contribution in [0.5, 0.6) is 0 Å². The van der Waals surface area contributed by atoms with Crippen LogP contribution < -0.4 is 5.32 Å². The van der Waals surface area contributed by atoms with Crippen molar-refractivity contribution in [1.82, 2.24) is 4.90 Å². The molecule has 0 aliphatic carbocycles. The van der Waals surface area contributed by atoms with Gasteiger partial charge in [0.25, 0.3) is 0 Å². The molecule has 1 aromatic rings. The summed E-state index contributed by atoms with van der Waals surface area (Å²) in [6.45, 7) is 2.10. The number of hydrogen-bond donors (Lipinski definition) is 2. The molecule has 6 heteroatoms. The smallest absolute Gasteiger partial charge is 0.304 e. The van der Waals surface area contributed by atoms with E-state index in [0.29, 0.717) is 6.54 Å². The summed E-state index contributed by atoms with van der Waals surface area (Å²) in [6, 6.07) is 7.22. The van der Waals surface area contributed by atoms with Gasteiger partial charge in [-0.25, -0.2) is 0 Å². The average Bonchev–Trinajstić information content (AvgIpc) is 2.44. The monoisotopic (exact) mass is 296 g/mol. The Morgan fingerprint density at radius 2 is 1.95 bits per heavy atom. The quantitative estimate of drug-likeness (QED) is 0.754. The maximum absolute atomic E-state index is 12.0. The molecular formula is C14H20N2O3S. The SMILES string of the molecule is CSc1ccc(NC(=O)C(C)N(C)CCC(=O)O)cc1. The second-order valence-electron chi connectivity index (χ2n) is 4.52. The lowest BCUT2D eigenvalue weighted by Crippen LogP contribution is -2.40. The summed E-state index contributed by atoms with van der Waals surface area (Å²) in [5, 5.41) is 11.5. The van der Waals surface area contributed by atoms with Crippen molar-refractivity contribution in [3.8, 4) is 0 Å². The molecule has 1 amide bonds. The van der Waals surface area contributed by atoms with Gasteiger partial charge >= 0.3 is 5.97 Å². The van der Waals surface area contributed by atoms with Crippen molar-refractivity contribution in [2.45, 2.75) is 24.3 Å². The van der Waals surface area contributed by atoms with Crippen LogP contribution in [0.4, 0.5) is 5.69 Å². The molecule has 0 saturated carbocycles. The van der Waals surface area contributed by atoms with E-state index < -0.39 is 5.97 Å². The molecule has 0 aromatic heterocycles. The van der Waals surface area contributed by atoms with E-state index in [-0.39, 0.29) is 18.4 Å². The predicted octanol–water partition coefficient (Wildman–Crippen LogP) is 2.14. The maximum Gasteiger partial charge on any atom is 0.304 e. The second kappa shape index (κ2) is 7.91. The van der Waals surface area contributed by atoms with Gasteiger partial charge < -0.3 is 10.4 Å². The van der Waals surface area contributed by atoms with E-state index >= 15 is 0 Å². The fourth-order valence-corrected chi connectivity index (χ4v) is 2.00. The number of aliphatic carboxylic acids is 1. The van der Waals surface area contributed by atoms with Gasteiger partial charge in [-0.15, -0.1) is 11.8 Å². The minimum atomic E-state index is -0.864. The van der Waals surface area contributed by atoms with Gasteiger partial charge in [-0.3, -0.25) is 14.5 Å². The van der Waals surface area contributed by atoms with Gasteiger partial charge in [0, 0.05) is 17.1 Å². The molecule has 20 heavy (non-hydrogen) atoms. The standard InChI is InChI=1S/C14H20N2O3S/c1-10(16(2)9-8-13(17)18)14(19)15-11-4-6-12(20-3)7-5-11/h4-7,10H,8-9H2,1-3H3,(H,15,19)(H,17,18). The van der Waals surface area contributed by atoms with E-state index in [0.717, 1.165) is 10.6 Å². The number of benzene rings is 1. The zero-order valence-electron chi connectivity index (χ0n) is 11.9. The van der Waals surface area contributed by atoms with Gasteiger partial charge in [-0.2, -0.15) is 0 Å². The molecule has 1 unspecified atom stereocenters. The Morgan fingerprint density at radius 3 is 2.45 bits per heavy atom. The molecule has 1 atom stereocenters. The Bertz CT molecular complexity index is 462. The van der Waals surface area contributed by atoms with E-state index in [9.17, 15) is 9.59 Å². The molecule has 1 rings (SSSR count). The molecule has 0 heterocycles. The Balaban J connectivity index is 2.53. The number of carboxylic acid groups (broad SMARTS) is 1. The minimum Gasteiger partial charge on any atom is -0.481 e. The lowest BCUT2D eigenvalue weighted by molar-refractivity contribution is -0.137. The molecule has 0 aliphatic heterocycles. The molecule has 0 radical (unpaired) electrons. The summed E-state index contributed by atoms with van der Waals surface area (Å²) < 4.78 is 0. The van der Waals surface area contributed by atoms with E-state index in [1.165, 1.54) is 0 Å². The third-order valence-corrected chi connectivity index (χ3v) is 3.82. The highest BCUT2D eigenvalue weighted by atomic mass is 32.2. The molecule has 1 aromatic carbocycles. The lowest BCUT2D eigenvalue weighted by Gasteiger charge is -2.23. The first-order chi connectivity index (χ1) is 9.43. The number of nitrogens with zero attached hydrogens (tertiary/aromatic N) is 1. The summed E-state index contributed by atoms with van der Waals surface area (Å²) in [5.41, 5.74) is 0.742. The van der Waals surface area contributed by atoms with Crippen LogP contribution in [0.3, 0.4) is 0 Å². The second-order valence-corrected chi connectivity index (χ2v) is 5.40. The number of carbonyl (C=O) groups is 2. The first kappa shape index (κ1) is 16.5. The highest BCUT2D eigenvalue weighted by molar-refractivity contribution is 7.98. The average molecular weight is 296 g/mol. The van der Waals surface area contributed by atoms with E-state index in [4.69, 9.17) is 5.11 Å². The Labute approximate surface area is 123 Å². The van der Waals surface area contributed by atoms with Crippen LogP contribution in [0, 0.1) is 0 Å². The van der Waals surface area contributed by atoms with Crippen LogP contribution in [0.1, 0.15) is 13.3 Å². The Kier molecular flexibility index (Phi) is 6.54. The van der Waals surface area contributed by atoms with Gasteiger partial charge in [-0.05, 0) is 44.5 Å². The Hall–Kier alpha value is -1.53. The van der Waals surface area contributed by atoms with Crippen LogP contribution in [-0.4, -0.2) is 47.8 Å². The fraction of sp³-hybridized carbons (Fsp3) is 0.429. The molecule has 0 bridgehead atoms. The number of hydrogen-bond acceptors (Lipinski definition) is 4. The van der Waals surface area contributed by atoms with Gasteiger partial charge in [0.2, 0.25) is 5.91 Å². The van der Waals surface area contributed by atoms with Crippen molar-refractivity contribution < 1.29 is 14.7 Å². The number of carboxylic acids is 1. The number of carbonyl (C=O) groups excluding carboxylic acids is 1. The summed E-state index contributed by atoms with van der Waals surface area (Å²) in [4.78, 5) is 25.4. The highest BCUT2D eigenvalue weighted by Crippen LogP contribution is 2.17. The third kappa shape index (κ3) is 5.22. The van der Waals surface area contributed by atoms with Gasteiger partial charge in [-0.1, -0.05) is 0 Å². The van der Waals surface area contributed by atoms with Crippen molar-refractivity contribution in [3.63, 3.8) is 0 Å². The molecule has 110 valence electrons. The number of likely N-dealkylation sites (N-methyl/N-ethyl adjacent to an activating group) is 1. The van der Waals surface area contributed by atoms with Crippen LogP contribution in [0.25, 0.3) is 0 Å². The lowest BCUT2D eigenvalue weighted by atomic mass is 10.2. The molecule has 5 nitrogen and oxygen atoms in total. The molecule has 2 N–H and O–H groups in total. The van der Waals surface area contributed by atoms with Crippen molar-refractivity contribution in [1.29, 1.82) is 0 Å². The molecule has 0 aliphatic rings. The number of nitrogens with one attached hydrogen (secondary N) is 1. The van der Waals surface area contributed by atoms with Crippen molar-refractivity contribution in [2.24, 2.45) is 0 Å². The number of amides is 1. The zero-order valence-corrected chi connectivity index (χ0v) is 12.7. The summed E-state index contributed by atoms with van der Waals surface area (Å²) >= 11 is 1.64. The number of anilines is 1. The van der Waals surface area contributed by atoms with E-state index in [2.05, 4.69) is 5.32 Å². The van der Waals surface area contributed by atoms with Crippen molar-refractivity contribution in [2.75, 3.05) is 25.2 Å². The van der Waals surface area contributed by atoms with E-state index in [1.54, 1.807) is 30.6 Å². The third-order valence-electron chi connectivity index (χ3n) is 3.08. The summed E-state index contributed by atoms with van der Waals surface area (Å²) in [7, 11) is 1.74. The molecule has 0 fully saturated rings. The first-order valence-electron chi connectivity index (χ1n) is 6.31. The van der Waals surface area contributed by atoms with Crippen molar-refractivity contribution in [3.05, 3.63) is 24.3 Å². The minimum absolute atomic E-state index is 0.0243. The molecule has 0 spiro atoms. The van der Waals surface area contributed by atoms with Gasteiger partial charge in [0.05, 0.1) is 12.5 Å². The van der Waals surface area contributed by atoms with Crippen LogP contribution in [0.15, 0.2) is 29.2 Å². The molecular weight excluding hydrogens is 276 g/mol. The van der Waals surface area contributed by atoms with Gasteiger partial charge in [0.1, 0.15) is 0 Å². The number of thioether (sulfide) groups is 1. The van der Waals surface area contributed by atoms with E-state index in [1.807, 2.05) is 30.5 Å².